The summed E-state index contributed by atoms with van der Waals surface area (Å²) >= 11 is 0. The van der Waals surface area contributed by atoms with Crippen LogP contribution in [0.5, 0.6) is 0 Å². The van der Waals surface area contributed by atoms with E-state index in [-0.39, 0.29) is 29.6 Å². The summed E-state index contributed by atoms with van der Waals surface area (Å²) < 4.78 is 13.2. The van der Waals surface area contributed by atoms with E-state index >= 15 is 0 Å². The number of hydrogen-bond donors (Lipinski definition) is 2. The second-order valence-corrected chi connectivity index (χ2v) is 6.45. The van der Waals surface area contributed by atoms with Gasteiger partial charge in [0.05, 0.1) is 0 Å². The first-order valence-electron chi connectivity index (χ1n) is 8.14. The Morgan fingerprint density at radius 2 is 1.74 bits per heavy atom. The highest BCUT2D eigenvalue weighted by molar-refractivity contribution is 5.84. The lowest BCUT2D eigenvalue weighted by molar-refractivity contribution is -0.128. The van der Waals surface area contributed by atoms with Crippen LogP contribution in [-0.4, -0.2) is 35.8 Å². The molecule has 1 aliphatic carbocycles. The van der Waals surface area contributed by atoms with Crippen molar-refractivity contribution < 1.29 is 14.0 Å². The van der Waals surface area contributed by atoms with Gasteiger partial charge in [0.25, 0.3) is 0 Å². The van der Waals surface area contributed by atoms with Crippen molar-refractivity contribution in [1.29, 1.82) is 0 Å². The van der Waals surface area contributed by atoms with Gasteiger partial charge in [0, 0.05) is 12.0 Å². The number of hydrogen-bond acceptors (Lipinski definition) is 3. The maximum atomic E-state index is 13.2. The van der Waals surface area contributed by atoms with E-state index in [2.05, 4.69) is 10.2 Å². The number of likely N-dealkylation sites (tertiary alicyclic amines) is 1. The van der Waals surface area contributed by atoms with Crippen LogP contribution in [0.25, 0.3) is 0 Å². The molecule has 2 aliphatic rings. The number of benzene rings is 1. The van der Waals surface area contributed by atoms with Gasteiger partial charge in [0.1, 0.15) is 11.9 Å². The molecule has 1 saturated carbocycles. The van der Waals surface area contributed by atoms with Crippen molar-refractivity contribution in [3.63, 3.8) is 0 Å². The fourth-order valence-electron chi connectivity index (χ4n) is 3.12. The third kappa shape index (κ3) is 3.88. The van der Waals surface area contributed by atoms with Gasteiger partial charge < -0.3 is 11.1 Å². The van der Waals surface area contributed by atoms with Crippen LogP contribution in [0.15, 0.2) is 24.3 Å². The molecule has 1 aliphatic heterocycles. The molecule has 1 unspecified atom stereocenters. The Balaban J connectivity index is 1.76. The van der Waals surface area contributed by atoms with E-state index in [9.17, 15) is 14.0 Å². The van der Waals surface area contributed by atoms with Crippen LogP contribution in [0.3, 0.4) is 0 Å². The van der Waals surface area contributed by atoms with E-state index in [1.165, 1.54) is 12.1 Å². The molecule has 3 rings (SSSR count). The minimum absolute atomic E-state index is 0.0448. The summed E-state index contributed by atoms with van der Waals surface area (Å²) in [6.07, 6.45) is 3.35. The molecule has 0 bridgehead atoms. The van der Waals surface area contributed by atoms with Gasteiger partial charge in [-0.25, -0.2) is 4.39 Å². The summed E-state index contributed by atoms with van der Waals surface area (Å²) in [7, 11) is 0. The number of carbonyl (C=O) groups is 2. The Bertz CT molecular complexity index is 578. The Morgan fingerprint density at radius 3 is 2.26 bits per heavy atom. The van der Waals surface area contributed by atoms with Gasteiger partial charge in [-0.15, -0.1) is 0 Å². The van der Waals surface area contributed by atoms with Crippen molar-refractivity contribution in [1.82, 2.24) is 10.2 Å². The quantitative estimate of drug-likeness (QED) is 0.860. The summed E-state index contributed by atoms with van der Waals surface area (Å²) in [4.78, 5) is 26.0. The molecular weight excluding hydrogens is 297 g/mol. The number of rotatable bonds is 5. The number of nitrogens with two attached hydrogens (primary N) is 1. The molecule has 1 aromatic rings. The zero-order valence-electron chi connectivity index (χ0n) is 13.0. The fourth-order valence-corrected chi connectivity index (χ4v) is 3.12. The van der Waals surface area contributed by atoms with Gasteiger partial charge in [0.2, 0.25) is 11.8 Å². The molecular formula is C17H22FN3O2. The highest BCUT2D eigenvalue weighted by atomic mass is 19.1. The van der Waals surface area contributed by atoms with E-state index in [4.69, 9.17) is 5.73 Å². The van der Waals surface area contributed by atoms with Gasteiger partial charge in [-0.2, -0.15) is 0 Å². The third-order valence-corrected chi connectivity index (χ3v) is 4.65. The Morgan fingerprint density at radius 1 is 1.13 bits per heavy atom. The van der Waals surface area contributed by atoms with Gasteiger partial charge in [-0.3, -0.25) is 14.5 Å². The lowest BCUT2D eigenvalue weighted by atomic mass is 9.93. The zero-order valence-corrected chi connectivity index (χ0v) is 13.0. The molecule has 2 amide bonds. The highest BCUT2D eigenvalue weighted by Gasteiger charge is 2.34. The highest BCUT2D eigenvalue weighted by Crippen LogP contribution is 2.29. The van der Waals surface area contributed by atoms with E-state index < -0.39 is 6.04 Å². The van der Waals surface area contributed by atoms with E-state index in [1.54, 1.807) is 12.1 Å². The predicted molar refractivity (Wildman–Crippen MR) is 83.8 cm³/mol. The second-order valence-electron chi connectivity index (χ2n) is 6.45. The van der Waals surface area contributed by atoms with E-state index in [1.807, 2.05) is 0 Å². The molecule has 1 saturated heterocycles. The number of nitrogens with zero attached hydrogens (tertiary/aromatic N) is 1. The van der Waals surface area contributed by atoms with Gasteiger partial charge >= 0.3 is 0 Å². The maximum Gasteiger partial charge on any atom is 0.242 e. The Kier molecular flexibility index (Phi) is 4.61. The molecule has 1 heterocycles. The molecule has 5 nitrogen and oxygen atoms in total. The maximum absolute atomic E-state index is 13.2. The average molecular weight is 319 g/mol. The molecule has 0 spiro atoms. The smallest absolute Gasteiger partial charge is 0.242 e. The van der Waals surface area contributed by atoms with Gasteiger partial charge in [-0.05, 0) is 56.5 Å². The van der Waals surface area contributed by atoms with Gasteiger partial charge in [-0.1, -0.05) is 12.1 Å². The second kappa shape index (κ2) is 6.66. The normalized spacial score (nSPS) is 20.9. The lowest BCUT2D eigenvalue weighted by Gasteiger charge is -2.36. The monoisotopic (exact) mass is 319 g/mol. The van der Waals surface area contributed by atoms with Gasteiger partial charge in [0.15, 0.2) is 0 Å². The topological polar surface area (TPSA) is 75.4 Å². The van der Waals surface area contributed by atoms with E-state index in [0.717, 1.165) is 18.4 Å². The van der Waals surface area contributed by atoms with Crippen LogP contribution >= 0.6 is 0 Å². The van der Waals surface area contributed by atoms with Crippen molar-refractivity contribution in [3.05, 3.63) is 35.6 Å². The number of piperidine rings is 1. The number of carbonyl (C=O) groups excluding carboxylic acids is 2. The molecule has 1 aromatic carbocycles. The SMILES string of the molecule is NC(=O)C1CCN(C(C(=O)NC2CC2)c2ccc(F)cc2)CC1. The molecule has 6 heteroatoms. The molecule has 124 valence electrons. The van der Waals surface area contributed by atoms with Crippen LogP contribution in [0, 0.1) is 11.7 Å². The summed E-state index contributed by atoms with van der Waals surface area (Å²) in [6, 6.07) is 5.91. The minimum Gasteiger partial charge on any atom is -0.369 e. The van der Waals surface area contributed by atoms with Crippen LogP contribution in [-0.2, 0) is 9.59 Å². The molecule has 23 heavy (non-hydrogen) atoms. The average Bonchev–Trinajstić information content (AvgIpc) is 3.34. The standard InChI is InChI=1S/C17H22FN3O2/c18-13-3-1-11(2-4-13)15(17(23)20-14-5-6-14)21-9-7-12(8-10-21)16(19)22/h1-4,12,14-15H,5-10H2,(H2,19,22)(H,20,23). The van der Waals surface area contributed by atoms with Crippen molar-refractivity contribution in [3.8, 4) is 0 Å². The number of nitrogens with one attached hydrogen (secondary N) is 1. The van der Waals surface area contributed by atoms with Crippen LogP contribution in [0.2, 0.25) is 0 Å². The van der Waals surface area contributed by atoms with E-state index in [0.29, 0.717) is 25.9 Å². The van der Waals surface area contributed by atoms with Crippen molar-refractivity contribution in [2.45, 2.75) is 37.8 Å². The summed E-state index contributed by atoms with van der Waals surface area (Å²) in [6.45, 7) is 1.27. The van der Waals surface area contributed by atoms with Crippen LogP contribution < -0.4 is 11.1 Å². The molecule has 3 N–H and O–H groups in total. The van der Waals surface area contributed by atoms with Crippen LogP contribution in [0.4, 0.5) is 4.39 Å². The van der Waals surface area contributed by atoms with Crippen molar-refractivity contribution in [2.75, 3.05) is 13.1 Å². The van der Waals surface area contributed by atoms with Crippen molar-refractivity contribution in [2.24, 2.45) is 11.7 Å². The molecule has 2 fully saturated rings. The zero-order chi connectivity index (χ0) is 16.4. The Labute approximate surface area is 135 Å². The summed E-state index contributed by atoms with van der Waals surface area (Å²) in [5.74, 6) is -0.754. The fraction of sp³-hybridized carbons (Fsp3) is 0.529. The Hall–Kier alpha value is -1.95. The largest absolute Gasteiger partial charge is 0.369 e. The molecule has 0 aromatic heterocycles. The minimum atomic E-state index is -0.440. The number of halogens is 1. The van der Waals surface area contributed by atoms with Crippen LogP contribution in [0.1, 0.15) is 37.3 Å². The summed E-state index contributed by atoms with van der Waals surface area (Å²) in [5, 5.41) is 3.03. The lowest BCUT2D eigenvalue weighted by Crippen LogP contribution is -2.46. The van der Waals surface area contributed by atoms with Crippen molar-refractivity contribution >= 4 is 11.8 Å². The molecule has 0 radical (unpaired) electrons. The molecule has 1 atom stereocenters. The first kappa shape index (κ1) is 15.9. The first-order valence-corrected chi connectivity index (χ1v) is 8.14. The number of amides is 2. The first-order chi connectivity index (χ1) is 11.0. The number of primary amides is 1. The summed E-state index contributed by atoms with van der Waals surface area (Å²) in [5.41, 5.74) is 6.15. The third-order valence-electron chi connectivity index (χ3n) is 4.65. The predicted octanol–water partition coefficient (Wildman–Crippen LogP) is 1.34.